The summed E-state index contributed by atoms with van der Waals surface area (Å²) in [6, 6.07) is 10.5. The standard InChI is InChI=1S/C20H23ClN4/c1-24(2)20-6-3-14(12-23-20)8-10-25-18-5-4-15(21)11-16(18)17-13-22-9-7-19(17)25/h3-6,11-12,22H,7-10,13H2,1-2H3. The zero-order valence-electron chi connectivity index (χ0n) is 14.7. The first kappa shape index (κ1) is 16.4. The van der Waals surface area contributed by atoms with E-state index in [9.17, 15) is 0 Å². The van der Waals surface area contributed by atoms with Gasteiger partial charge in [-0.1, -0.05) is 17.7 Å². The number of benzene rings is 1. The summed E-state index contributed by atoms with van der Waals surface area (Å²) in [7, 11) is 4.03. The highest BCUT2D eigenvalue weighted by Gasteiger charge is 2.19. The topological polar surface area (TPSA) is 33.1 Å². The number of anilines is 1. The van der Waals surface area contributed by atoms with Crippen molar-refractivity contribution in [3.05, 3.63) is 58.4 Å². The van der Waals surface area contributed by atoms with Crippen LogP contribution in [0.2, 0.25) is 5.02 Å². The van der Waals surface area contributed by atoms with Crippen LogP contribution in [0.15, 0.2) is 36.5 Å². The Bertz CT molecular complexity index is 896. The van der Waals surface area contributed by atoms with Crippen LogP contribution in [0.3, 0.4) is 0 Å². The van der Waals surface area contributed by atoms with E-state index in [1.54, 1.807) is 0 Å². The van der Waals surface area contributed by atoms with Gasteiger partial charge in [0.2, 0.25) is 0 Å². The summed E-state index contributed by atoms with van der Waals surface area (Å²) in [4.78, 5) is 6.55. The number of aromatic nitrogens is 2. The molecule has 1 aromatic carbocycles. The average molecular weight is 355 g/mol. The van der Waals surface area contributed by atoms with Crippen LogP contribution in [0.5, 0.6) is 0 Å². The van der Waals surface area contributed by atoms with Gasteiger partial charge in [-0.05, 0) is 41.8 Å². The van der Waals surface area contributed by atoms with E-state index < -0.39 is 0 Å². The number of hydrogen-bond acceptors (Lipinski definition) is 3. The van der Waals surface area contributed by atoms with E-state index >= 15 is 0 Å². The number of halogens is 1. The molecule has 25 heavy (non-hydrogen) atoms. The fourth-order valence-electron chi connectivity index (χ4n) is 3.68. The van der Waals surface area contributed by atoms with Gasteiger partial charge in [0.05, 0.1) is 0 Å². The minimum atomic E-state index is 0.807. The molecule has 0 bridgehead atoms. The average Bonchev–Trinajstić information content (AvgIpc) is 2.93. The third kappa shape index (κ3) is 3.12. The van der Waals surface area contributed by atoms with E-state index in [0.29, 0.717) is 0 Å². The SMILES string of the molecule is CN(C)c1ccc(CCn2c3c(c4cc(Cl)ccc42)CNCC3)cn1. The predicted octanol–water partition coefficient (Wildman–Crippen LogP) is 3.64. The second kappa shape index (κ2) is 6.70. The fraction of sp³-hybridized carbons (Fsp3) is 0.350. The molecule has 0 saturated heterocycles. The molecule has 0 amide bonds. The first-order valence-corrected chi connectivity index (χ1v) is 9.14. The molecule has 3 heterocycles. The number of hydrogen-bond donors (Lipinski definition) is 1. The minimum absolute atomic E-state index is 0.807. The van der Waals surface area contributed by atoms with E-state index in [-0.39, 0.29) is 0 Å². The lowest BCUT2D eigenvalue weighted by Crippen LogP contribution is -2.24. The zero-order chi connectivity index (χ0) is 17.4. The molecular weight excluding hydrogens is 332 g/mol. The Morgan fingerprint density at radius 3 is 2.88 bits per heavy atom. The molecule has 0 saturated carbocycles. The van der Waals surface area contributed by atoms with E-state index in [2.05, 4.69) is 39.1 Å². The van der Waals surface area contributed by atoms with Gasteiger partial charge < -0.3 is 14.8 Å². The maximum absolute atomic E-state index is 6.24. The Hall–Kier alpha value is -2.04. The molecular formula is C20H23ClN4. The number of rotatable bonds is 4. The van der Waals surface area contributed by atoms with Crippen LogP contribution in [0, 0.1) is 0 Å². The molecule has 3 aromatic rings. The van der Waals surface area contributed by atoms with Crippen molar-refractivity contribution in [3.63, 3.8) is 0 Å². The molecule has 0 radical (unpaired) electrons. The largest absolute Gasteiger partial charge is 0.363 e. The Labute approximate surface area is 153 Å². The van der Waals surface area contributed by atoms with Crippen LogP contribution in [-0.2, 0) is 25.9 Å². The van der Waals surface area contributed by atoms with Gasteiger partial charge in [-0.2, -0.15) is 0 Å². The molecule has 1 aliphatic heterocycles. The first-order valence-electron chi connectivity index (χ1n) is 8.76. The Morgan fingerprint density at radius 2 is 2.12 bits per heavy atom. The molecule has 0 aliphatic carbocycles. The molecule has 0 unspecified atom stereocenters. The van der Waals surface area contributed by atoms with Crippen molar-refractivity contribution in [2.75, 3.05) is 25.5 Å². The number of fused-ring (bicyclic) bond motifs is 3. The van der Waals surface area contributed by atoms with Crippen LogP contribution in [-0.4, -0.2) is 30.2 Å². The molecule has 130 valence electrons. The predicted molar refractivity (Wildman–Crippen MR) is 105 cm³/mol. The molecule has 1 aliphatic rings. The highest BCUT2D eigenvalue weighted by atomic mass is 35.5. The fourth-order valence-corrected chi connectivity index (χ4v) is 3.85. The van der Waals surface area contributed by atoms with E-state index in [1.807, 2.05) is 31.3 Å². The maximum Gasteiger partial charge on any atom is 0.127 e. The normalized spacial score (nSPS) is 13.9. The summed E-state index contributed by atoms with van der Waals surface area (Å²) in [5, 5.41) is 5.58. The molecule has 0 spiro atoms. The van der Waals surface area contributed by atoms with Crippen molar-refractivity contribution in [2.45, 2.75) is 25.9 Å². The van der Waals surface area contributed by atoms with Crippen molar-refractivity contribution >= 4 is 28.3 Å². The summed E-state index contributed by atoms with van der Waals surface area (Å²) < 4.78 is 2.47. The second-order valence-corrected chi connectivity index (χ2v) is 7.27. The van der Waals surface area contributed by atoms with E-state index in [4.69, 9.17) is 11.6 Å². The van der Waals surface area contributed by atoms with Crippen LogP contribution in [0.25, 0.3) is 10.9 Å². The number of pyridine rings is 1. The van der Waals surface area contributed by atoms with Crippen molar-refractivity contribution in [1.29, 1.82) is 0 Å². The van der Waals surface area contributed by atoms with Crippen molar-refractivity contribution in [3.8, 4) is 0 Å². The van der Waals surface area contributed by atoms with Gasteiger partial charge in [0.25, 0.3) is 0 Å². The maximum atomic E-state index is 6.24. The lowest BCUT2D eigenvalue weighted by Gasteiger charge is -2.17. The Balaban J connectivity index is 1.65. The van der Waals surface area contributed by atoms with Gasteiger partial charge in [-0.3, -0.25) is 0 Å². The lowest BCUT2D eigenvalue weighted by atomic mass is 10.1. The highest BCUT2D eigenvalue weighted by Crippen LogP contribution is 2.31. The van der Waals surface area contributed by atoms with Crippen molar-refractivity contribution in [1.82, 2.24) is 14.9 Å². The summed E-state index contributed by atoms with van der Waals surface area (Å²) in [6.45, 7) is 2.94. The Kier molecular flexibility index (Phi) is 4.40. The molecule has 4 rings (SSSR count). The molecule has 2 aromatic heterocycles. The molecule has 5 heteroatoms. The number of nitrogens with one attached hydrogen (secondary N) is 1. The van der Waals surface area contributed by atoms with Gasteiger partial charge in [0, 0.05) is 68.0 Å². The van der Waals surface area contributed by atoms with Crippen molar-refractivity contribution in [2.24, 2.45) is 0 Å². The Morgan fingerprint density at radius 1 is 1.24 bits per heavy atom. The quantitative estimate of drug-likeness (QED) is 0.776. The third-order valence-corrected chi connectivity index (χ3v) is 5.22. The van der Waals surface area contributed by atoms with E-state index in [0.717, 1.165) is 43.3 Å². The van der Waals surface area contributed by atoms with E-state index in [1.165, 1.54) is 27.7 Å². The van der Waals surface area contributed by atoms with Crippen LogP contribution in [0.1, 0.15) is 16.8 Å². The van der Waals surface area contributed by atoms with Gasteiger partial charge in [0.15, 0.2) is 0 Å². The molecule has 1 N–H and O–H groups in total. The minimum Gasteiger partial charge on any atom is -0.363 e. The second-order valence-electron chi connectivity index (χ2n) is 6.83. The van der Waals surface area contributed by atoms with Gasteiger partial charge in [-0.25, -0.2) is 4.98 Å². The van der Waals surface area contributed by atoms with Crippen LogP contribution < -0.4 is 10.2 Å². The number of nitrogens with zero attached hydrogens (tertiary/aromatic N) is 3. The lowest BCUT2D eigenvalue weighted by molar-refractivity contribution is 0.594. The van der Waals surface area contributed by atoms with Gasteiger partial charge in [-0.15, -0.1) is 0 Å². The van der Waals surface area contributed by atoms with Gasteiger partial charge >= 0.3 is 0 Å². The monoisotopic (exact) mass is 354 g/mol. The third-order valence-electron chi connectivity index (χ3n) is 4.98. The van der Waals surface area contributed by atoms with Gasteiger partial charge in [0.1, 0.15) is 5.82 Å². The molecule has 0 fully saturated rings. The smallest absolute Gasteiger partial charge is 0.127 e. The van der Waals surface area contributed by atoms with Crippen LogP contribution >= 0.6 is 11.6 Å². The summed E-state index contributed by atoms with van der Waals surface area (Å²) in [5.41, 5.74) is 5.42. The summed E-state index contributed by atoms with van der Waals surface area (Å²) in [6.07, 6.45) is 4.04. The summed E-state index contributed by atoms with van der Waals surface area (Å²) >= 11 is 6.24. The van der Waals surface area contributed by atoms with Crippen LogP contribution in [0.4, 0.5) is 5.82 Å². The molecule has 4 nitrogen and oxygen atoms in total. The number of aryl methyl sites for hydroxylation is 2. The molecule has 0 atom stereocenters. The van der Waals surface area contributed by atoms with Crippen molar-refractivity contribution < 1.29 is 0 Å². The summed E-state index contributed by atoms with van der Waals surface area (Å²) in [5.74, 6) is 0.994. The zero-order valence-corrected chi connectivity index (χ0v) is 15.5. The first-order chi connectivity index (χ1) is 12.1. The highest BCUT2D eigenvalue weighted by molar-refractivity contribution is 6.31.